The normalized spacial score (nSPS) is 11.2. The molecule has 3 rings (SSSR count). The third kappa shape index (κ3) is 1.92. The largest absolute Gasteiger partial charge is 0.328 e. The minimum atomic E-state index is -0.718. The Morgan fingerprint density at radius 2 is 1.80 bits per heavy atom. The summed E-state index contributed by atoms with van der Waals surface area (Å²) in [5, 5.41) is 0. The second-order valence-electron chi connectivity index (χ2n) is 4.48. The summed E-state index contributed by atoms with van der Waals surface area (Å²) in [5.74, 6) is -1.79. The Bertz CT molecular complexity index is 880. The molecule has 0 aliphatic rings. The van der Waals surface area contributed by atoms with Crippen LogP contribution in [0.25, 0.3) is 16.7 Å². The number of rotatable bonds is 1. The van der Waals surface area contributed by atoms with Gasteiger partial charge in [0.05, 0.1) is 11.2 Å². The molecule has 0 spiro atoms. The highest BCUT2D eigenvalue weighted by molar-refractivity contribution is 7.71. The number of nitrogens with one attached hydrogen (secondary N) is 1. The summed E-state index contributed by atoms with van der Waals surface area (Å²) in [7, 11) is 0. The molecule has 6 heteroatoms. The maximum atomic E-state index is 13.7. The van der Waals surface area contributed by atoms with Crippen LogP contribution in [0, 0.1) is 29.1 Å². The maximum Gasteiger partial charge on any atom is 0.182 e. The lowest BCUT2D eigenvalue weighted by molar-refractivity contribution is 0.590. The van der Waals surface area contributed by atoms with Gasteiger partial charge in [-0.1, -0.05) is 0 Å². The first-order valence-electron chi connectivity index (χ1n) is 5.83. The molecule has 102 valence electrons. The standard InChI is InChI=1S/C14H9F3N2S/c1-7-4-8(15)2-3-11(7)19-12-6-9(16)5-10(17)13(12)18-14(19)20/h2-6H,1H3,(H,18,20). The zero-order valence-corrected chi connectivity index (χ0v) is 11.2. The number of hydrogen-bond donors (Lipinski definition) is 1. The first-order valence-corrected chi connectivity index (χ1v) is 6.24. The number of aromatic amines is 1. The van der Waals surface area contributed by atoms with Crippen LogP contribution in [-0.2, 0) is 0 Å². The monoisotopic (exact) mass is 294 g/mol. The van der Waals surface area contributed by atoms with Crippen molar-refractivity contribution >= 4 is 23.3 Å². The van der Waals surface area contributed by atoms with Crippen LogP contribution in [0.2, 0.25) is 0 Å². The molecular formula is C14H9F3N2S. The Kier molecular flexibility index (Phi) is 2.90. The van der Waals surface area contributed by atoms with E-state index in [4.69, 9.17) is 12.2 Å². The lowest BCUT2D eigenvalue weighted by Crippen LogP contribution is -1.98. The molecule has 2 nitrogen and oxygen atoms in total. The summed E-state index contributed by atoms with van der Waals surface area (Å²) < 4.78 is 42.0. The number of fused-ring (bicyclic) bond motifs is 1. The van der Waals surface area contributed by atoms with Crippen molar-refractivity contribution in [1.29, 1.82) is 0 Å². The van der Waals surface area contributed by atoms with Gasteiger partial charge in [0.15, 0.2) is 10.6 Å². The van der Waals surface area contributed by atoms with Gasteiger partial charge in [-0.2, -0.15) is 0 Å². The first-order chi connectivity index (χ1) is 9.47. The van der Waals surface area contributed by atoms with Gasteiger partial charge in [-0.25, -0.2) is 13.2 Å². The Morgan fingerprint density at radius 3 is 2.50 bits per heavy atom. The van der Waals surface area contributed by atoms with Crippen molar-refractivity contribution in [3.05, 3.63) is 58.1 Å². The van der Waals surface area contributed by atoms with E-state index >= 15 is 0 Å². The van der Waals surface area contributed by atoms with Gasteiger partial charge in [0.2, 0.25) is 0 Å². The molecule has 1 aromatic heterocycles. The van der Waals surface area contributed by atoms with Gasteiger partial charge in [0.1, 0.15) is 17.2 Å². The number of imidazole rings is 1. The molecule has 0 atom stereocenters. The quantitative estimate of drug-likeness (QED) is 0.659. The Hall–Kier alpha value is -2.08. The van der Waals surface area contributed by atoms with Crippen LogP contribution < -0.4 is 0 Å². The highest BCUT2D eigenvalue weighted by atomic mass is 32.1. The molecule has 0 saturated carbocycles. The van der Waals surface area contributed by atoms with E-state index in [2.05, 4.69) is 4.98 Å². The third-order valence-corrected chi connectivity index (χ3v) is 3.39. The average molecular weight is 294 g/mol. The fourth-order valence-electron chi connectivity index (χ4n) is 2.24. The molecule has 0 bridgehead atoms. The van der Waals surface area contributed by atoms with E-state index in [9.17, 15) is 13.2 Å². The smallest absolute Gasteiger partial charge is 0.182 e. The molecule has 0 radical (unpaired) electrons. The summed E-state index contributed by atoms with van der Waals surface area (Å²) >= 11 is 5.15. The molecule has 2 aromatic carbocycles. The summed E-state index contributed by atoms with van der Waals surface area (Å²) in [6, 6.07) is 6.11. The fourth-order valence-corrected chi connectivity index (χ4v) is 2.54. The molecule has 1 N–H and O–H groups in total. The van der Waals surface area contributed by atoms with Gasteiger partial charge in [-0.05, 0) is 42.9 Å². The molecule has 0 unspecified atom stereocenters. The van der Waals surface area contributed by atoms with E-state index in [1.165, 1.54) is 28.8 Å². The van der Waals surface area contributed by atoms with Gasteiger partial charge in [-0.15, -0.1) is 0 Å². The summed E-state index contributed by atoms with van der Waals surface area (Å²) in [4.78, 5) is 2.71. The third-order valence-electron chi connectivity index (χ3n) is 3.11. The Labute approximate surface area is 117 Å². The van der Waals surface area contributed by atoms with E-state index < -0.39 is 11.6 Å². The van der Waals surface area contributed by atoms with Crippen molar-refractivity contribution < 1.29 is 13.2 Å². The van der Waals surface area contributed by atoms with Crippen molar-refractivity contribution in [2.24, 2.45) is 0 Å². The second kappa shape index (κ2) is 4.49. The fraction of sp³-hybridized carbons (Fsp3) is 0.0714. The number of hydrogen-bond acceptors (Lipinski definition) is 1. The van der Waals surface area contributed by atoms with Crippen LogP contribution in [0.3, 0.4) is 0 Å². The number of aromatic nitrogens is 2. The van der Waals surface area contributed by atoms with Gasteiger partial charge >= 0.3 is 0 Å². The molecule has 1 heterocycles. The van der Waals surface area contributed by atoms with E-state index in [0.29, 0.717) is 11.3 Å². The zero-order valence-electron chi connectivity index (χ0n) is 10.4. The molecule has 0 aliphatic heterocycles. The van der Waals surface area contributed by atoms with E-state index in [-0.39, 0.29) is 21.6 Å². The number of aryl methyl sites for hydroxylation is 1. The van der Waals surface area contributed by atoms with Crippen LogP contribution in [0.4, 0.5) is 13.2 Å². The SMILES string of the molecule is Cc1cc(F)ccc1-n1c(=S)[nH]c2c(F)cc(F)cc21. The maximum absolute atomic E-state index is 13.7. The highest BCUT2D eigenvalue weighted by Crippen LogP contribution is 2.25. The van der Waals surface area contributed by atoms with Gasteiger partial charge in [0, 0.05) is 12.1 Å². The molecule has 0 saturated heterocycles. The van der Waals surface area contributed by atoms with Crippen molar-refractivity contribution in [2.75, 3.05) is 0 Å². The molecular weight excluding hydrogens is 285 g/mol. The Balaban J connectivity index is 2.42. The summed E-state index contributed by atoms with van der Waals surface area (Å²) in [6.07, 6.45) is 0. The molecule has 0 aliphatic carbocycles. The lowest BCUT2D eigenvalue weighted by atomic mass is 10.2. The zero-order chi connectivity index (χ0) is 14.4. The van der Waals surface area contributed by atoms with E-state index in [0.717, 1.165) is 6.07 Å². The van der Waals surface area contributed by atoms with Crippen molar-refractivity contribution in [3.63, 3.8) is 0 Å². The molecule has 0 fully saturated rings. The average Bonchev–Trinajstić information content (AvgIpc) is 2.67. The Morgan fingerprint density at radius 1 is 1.05 bits per heavy atom. The molecule has 0 amide bonds. The number of halogens is 3. The van der Waals surface area contributed by atoms with Gasteiger partial charge < -0.3 is 4.98 Å². The van der Waals surface area contributed by atoms with Crippen molar-refractivity contribution in [2.45, 2.75) is 6.92 Å². The summed E-state index contributed by atoms with van der Waals surface area (Å²) in [5.41, 5.74) is 1.60. The highest BCUT2D eigenvalue weighted by Gasteiger charge is 2.13. The van der Waals surface area contributed by atoms with Crippen molar-refractivity contribution in [3.8, 4) is 5.69 Å². The molecule has 20 heavy (non-hydrogen) atoms. The lowest BCUT2D eigenvalue weighted by Gasteiger charge is -2.08. The van der Waals surface area contributed by atoms with E-state index in [1.54, 1.807) is 6.92 Å². The first kappa shape index (κ1) is 12.9. The predicted molar refractivity (Wildman–Crippen MR) is 73.1 cm³/mol. The topological polar surface area (TPSA) is 20.7 Å². The number of H-pyrrole nitrogens is 1. The minimum Gasteiger partial charge on any atom is -0.328 e. The minimum absolute atomic E-state index is 0.125. The number of benzene rings is 2. The van der Waals surface area contributed by atoms with Crippen LogP contribution >= 0.6 is 12.2 Å². The van der Waals surface area contributed by atoms with Gasteiger partial charge in [0.25, 0.3) is 0 Å². The van der Waals surface area contributed by atoms with Crippen LogP contribution in [0.1, 0.15) is 5.56 Å². The number of nitrogens with zero attached hydrogens (tertiary/aromatic N) is 1. The van der Waals surface area contributed by atoms with Gasteiger partial charge in [-0.3, -0.25) is 4.57 Å². The van der Waals surface area contributed by atoms with E-state index in [1.807, 2.05) is 0 Å². The second-order valence-corrected chi connectivity index (χ2v) is 4.86. The van der Waals surface area contributed by atoms with Crippen LogP contribution in [-0.4, -0.2) is 9.55 Å². The van der Waals surface area contributed by atoms with Crippen LogP contribution in [0.15, 0.2) is 30.3 Å². The molecule has 3 aromatic rings. The van der Waals surface area contributed by atoms with Crippen LogP contribution in [0.5, 0.6) is 0 Å². The summed E-state index contributed by atoms with van der Waals surface area (Å²) in [6.45, 7) is 1.70. The van der Waals surface area contributed by atoms with Crippen molar-refractivity contribution in [1.82, 2.24) is 9.55 Å². The predicted octanol–water partition coefficient (Wildman–Crippen LogP) is 4.41.